The highest BCUT2D eigenvalue weighted by Crippen LogP contribution is 2.20. The molecule has 0 aliphatic heterocycles. The molecule has 116 valence electrons. The number of hydrogen-bond donors (Lipinski definition) is 1. The molecule has 0 saturated carbocycles. The van der Waals surface area contributed by atoms with Gasteiger partial charge in [-0.3, -0.25) is 4.79 Å². The lowest BCUT2D eigenvalue weighted by molar-refractivity contribution is 0.0990. The number of aromatic nitrogens is 2. The fourth-order valence-corrected chi connectivity index (χ4v) is 1.89. The molecule has 0 atom stereocenters. The zero-order valence-electron chi connectivity index (χ0n) is 12.0. The molecule has 0 spiro atoms. The number of nitrogens with one attached hydrogen (secondary N) is 1. The predicted molar refractivity (Wildman–Crippen MR) is 78.8 cm³/mol. The highest BCUT2D eigenvalue weighted by Gasteiger charge is 2.17. The average Bonchev–Trinajstić information content (AvgIpc) is 3.01. The van der Waals surface area contributed by atoms with Gasteiger partial charge in [0.25, 0.3) is 0 Å². The van der Waals surface area contributed by atoms with Crippen LogP contribution in [-0.4, -0.2) is 16.1 Å². The molecule has 23 heavy (non-hydrogen) atoms. The van der Waals surface area contributed by atoms with Crippen LogP contribution in [0.2, 0.25) is 0 Å². The van der Waals surface area contributed by atoms with Crippen LogP contribution in [0.3, 0.4) is 0 Å². The van der Waals surface area contributed by atoms with Gasteiger partial charge in [0.2, 0.25) is 5.89 Å². The van der Waals surface area contributed by atoms with Crippen molar-refractivity contribution in [3.63, 3.8) is 0 Å². The van der Waals surface area contributed by atoms with Crippen molar-refractivity contribution in [2.75, 3.05) is 5.32 Å². The predicted octanol–water partition coefficient (Wildman–Crippen LogP) is 3.58. The smallest absolute Gasteiger partial charge is 0.313 e. The Bertz CT molecular complexity index is 860. The molecule has 1 aromatic heterocycles. The van der Waals surface area contributed by atoms with Crippen LogP contribution in [0, 0.1) is 18.6 Å². The second-order valence-corrected chi connectivity index (χ2v) is 4.86. The Morgan fingerprint density at radius 2 is 1.83 bits per heavy atom. The number of rotatable bonds is 3. The van der Waals surface area contributed by atoms with Crippen LogP contribution in [0.25, 0.3) is 11.5 Å². The minimum Gasteiger partial charge on any atom is -0.412 e. The molecule has 3 rings (SSSR count). The van der Waals surface area contributed by atoms with Gasteiger partial charge in [0.15, 0.2) is 0 Å². The van der Waals surface area contributed by atoms with Crippen molar-refractivity contribution in [1.29, 1.82) is 0 Å². The third-order valence-corrected chi connectivity index (χ3v) is 3.10. The molecule has 0 bridgehead atoms. The van der Waals surface area contributed by atoms with E-state index in [0.717, 1.165) is 17.7 Å². The van der Waals surface area contributed by atoms with E-state index in [-0.39, 0.29) is 17.5 Å². The van der Waals surface area contributed by atoms with Crippen molar-refractivity contribution in [3.05, 3.63) is 65.6 Å². The summed E-state index contributed by atoms with van der Waals surface area (Å²) in [5.74, 6) is -2.54. The summed E-state index contributed by atoms with van der Waals surface area (Å²) in [7, 11) is 0. The number of carbonyl (C=O) groups excluding carboxylic acids is 1. The molecule has 1 N–H and O–H groups in total. The van der Waals surface area contributed by atoms with Crippen molar-refractivity contribution in [2.24, 2.45) is 0 Å². The van der Waals surface area contributed by atoms with Gasteiger partial charge in [0, 0.05) is 11.6 Å². The summed E-state index contributed by atoms with van der Waals surface area (Å²) >= 11 is 0. The molecule has 1 heterocycles. The maximum absolute atomic E-state index is 13.5. The number of nitrogens with zero attached hydrogens (tertiary/aromatic N) is 2. The van der Waals surface area contributed by atoms with Gasteiger partial charge in [0.05, 0.1) is 5.69 Å². The molecular weight excluding hydrogens is 304 g/mol. The van der Waals surface area contributed by atoms with E-state index in [4.69, 9.17) is 4.42 Å². The molecule has 5 nitrogen and oxygen atoms in total. The van der Waals surface area contributed by atoms with Crippen LogP contribution >= 0.6 is 0 Å². The highest BCUT2D eigenvalue weighted by atomic mass is 19.1. The van der Waals surface area contributed by atoms with Crippen molar-refractivity contribution in [1.82, 2.24) is 10.2 Å². The fraction of sp³-hybridized carbons (Fsp3) is 0.0625. The minimum atomic E-state index is -0.892. The lowest BCUT2D eigenvalue weighted by Crippen LogP contribution is -2.13. The fourth-order valence-electron chi connectivity index (χ4n) is 1.89. The van der Waals surface area contributed by atoms with Crippen LogP contribution in [-0.2, 0) is 0 Å². The van der Waals surface area contributed by atoms with Crippen LogP contribution < -0.4 is 5.32 Å². The Hall–Kier alpha value is -3.09. The normalized spacial score (nSPS) is 10.6. The zero-order chi connectivity index (χ0) is 16.4. The number of halogens is 2. The van der Waals surface area contributed by atoms with Gasteiger partial charge in [-0.1, -0.05) is 17.7 Å². The summed E-state index contributed by atoms with van der Waals surface area (Å²) in [5, 5.41) is 9.67. The molecule has 7 heteroatoms. The van der Waals surface area contributed by atoms with E-state index in [1.807, 2.05) is 19.1 Å². The van der Waals surface area contributed by atoms with Gasteiger partial charge in [-0.2, -0.15) is 0 Å². The average molecular weight is 315 g/mol. The van der Waals surface area contributed by atoms with Crippen molar-refractivity contribution in [3.8, 4) is 11.5 Å². The highest BCUT2D eigenvalue weighted by molar-refractivity contribution is 6.01. The molecule has 3 aromatic rings. The van der Waals surface area contributed by atoms with Crippen LogP contribution in [0.4, 0.5) is 14.5 Å². The summed E-state index contributed by atoms with van der Waals surface area (Å²) in [6.07, 6.45) is 0. The van der Waals surface area contributed by atoms with E-state index in [1.165, 1.54) is 0 Å². The number of anilines is 1. The SMILES string of the molecule is Cc1ccc(-c2nnc(C(=O)Nc3ccc(F)cc3F)o2)cc1. The molecule has 0 saturated heterocycles. The van der Waals surface area contributed by atoms with Gasteiger partial charge in [-0.25, -0.2) is 8.78 Å². The summed E-state index contributed by atoms with van der Waals surface area (Å²) in [5.41, 5.74) is 1.56. The molecule has 0 unspecified atom stereocenters. The van der Waals surface area contributed by atoms with Crippen molar-refractivity contribution in [2.45, 2.75) is 6.92 Å². The monoisotopic (exact) mass is 315 g/mol. The maximum atomic E-state index is 13.5. The summed E-state index contributed by atoms with van der Waals surface area (Å²) in [6.45, 7) is 1.94. The number of amides is 1. The third kappa shape index (κ3) is 3.23. The lowest BCUT2D eigenvalue weighted by atomic mass is 10.1. The maximum Gasteiger partial charge on any atom is 0.313 e. The Kier molecular flexibility index (Phi) is 3.84. The van der Waals surface area contributed by atoms with Gasteiger partial charge in [0.1, 0.15) is 11.6 Å². The number of hydrogen-bond acceptors (Lipinski definition) is 4. The number of benzene rings is 2. The molecule has 0 radical (unpaired) electrons. The van der Waals surface area contributed by atoms with Crippen molar-refractivity contribution < 1.29 is 18.0 Å². The Balaban J connectivity index is 1.79. The molecule has 0 aliphatic carbocycles. The van der Waals surface area contributed by atoms with Gasteiger partial charge >= 0.3 is 11.8 Å². The summed E-state index contributed by atoms with van der Waals surface area (Å²) in [6, 6.07) is 10.1. The van der Waals surface area contributed by atoms with E-state index in [0.29, 0.717) is 11.6 Å². The summed E-state index contributed by atoms with van der Waals surface area (Å²) < 4.78 is 31.6. The van der Waals surface area contributed by atoms with Crippen LogP contribution in [0.1, 0.15) is 16.2 Å². The van der Waals surface area contributed by atoms with Crippen LogP contribution in [0.5, 0.6) is 0 Å². The number of carbonyl (C=O) groups is 1. The molecule has 1 amide bonds. The first-order valence-electron chi connectivity index (χ1n) is 6.70. The van der Waals surface area contributed by atoms with E-state index in [2.05, 4.69) is 15.5 Å². The Labute approximate surface area is 130 Å². The second-order valence-electron chi connectivity index (χ2n) is 4.86. The quantitative estimate of drug-likeness (QED) is 0.802. The van der Waals surface area contributed by atoms with Gasteiger partial charge < -0.3 is 9.73 Å². The lowest BCUT2D eigenvalue weighted by Gasteiger charge is -2.03. The second kappa shape index (κ2) is 5.96. The largest absolute Gasteiger partial charge is 0.412 e. The first-order chi connectivity index (χ1) is 11.0. The zero-order valence-corrected chi connectivity index (χ0v) is 12.0. The first kappa shape index (κ1) is 14.8. The molecular formula is C16H11F2N3O2. The van der Waals surface area contributed by atoms with E-state index >= 15 is 0 Å². The van der Waals surface area contributed by atoms with Crippen molar-refractivity contribution >= 4 is 11.6 Å². The Morgan fingerprint density at radius 3 is 2.52 bits per heavy atom. The molecule has 0 aliphatic rings. The van der Waals surface area contributed by atoms with E-state index < -0.39 is 17.5 Å². The first-order valence-corrected chi connectivity index (χ1v) is 6.70. The topological polar surface area (TPSA) is 68.0 Å². The van der Waals surface area contributed by atoms with E-state index in [1.54, 1.807) is 12.1 Å². The van der Waals surface area contributed by atoms with E-state index in [9.17, 15) is 13.6 Å². The Morgan fingerprint density at radius 1 is 1.09 bits per heavy atom. The molecule has 2 aromatic carbocycles. The third-order valence-electron chi connectivity index (χ3n) is 3.10. The van der Waals surface area contributed by atoms with Crippen LogP contribution in [0.15, 0.2) is 46.9 Å². The minimum absolute atomic E-state index is 0.175. The van der Waals surface area contributed by atoms with Gasteiger partial charge in [-0.15, -0.1) is 10.2 Å². The summed E-state index contributed by atoms with van der Waals surface area (Å²) in [4.78, 5) is 12.0. The molecule has 0 fully saturated rings. The standard InChI is InChI=1S/C16H11F2N3O2/c1-9-2-4-10(5-3-9)15-20-21-16(23-15)14(22)19-13-7-6-11(17)8-12(13)18/h2-8H,1H3,(H,19,22). The number of aryl methyl sites for hydroxylation is 1. The van der Waals surface area contributed by atoms with Gasteiger partial charge in [-0.05, 0) is 31.2 Å².